The molecule has 4 rings (SSSR count). The van der Waals surface area contributed by atoms with Gasteiger partial charge in [-0.3, -0.25) is 10.0 Å². The van der Waals surface area contributed by atoms with E-state index in [1.165, 1.54) is 41.9 Å². The zero-order chi connectivity index (χ0) is 27.4. The number of sulfone groups is 1. The smallest absolute Gasteiger partial charge is 0.416 e. The zero-order valence-corrected chi connectivity index (χ0v) is 20.7. The number of nitrogens with one attached hydrogen (secondary N) is 1. The van der Waals surface area contributed by atoms with Gasteiger partial charge in [0.1, 0.15) is 5.75 Å². The van der Waals surface area contributed by atoms with Crippen molar-refractivity contribution in [3.63, 3.8) is 0 Å². The van der Waals surface area contributed by atoms with Gasteiger partial charge in [-0.15, -0.1) is 0 Å². The monoisotopic (exact) mass is 555 g/mol. The van der Waals surface area contributed by atoms with E-state index in [9.17, 15) is 26.4 Å². The molecule has 1 amide bonds. The van der Waals surface area contributed by atoms with Crippen LogP contribution in [0.1, 0.15) is 30.7 Å². The van der Waals surface area contributed by atoms with E-state index in [-0.39, 0.29) is 49.3 Å². The predicted octanol–water partition coefficient (Wildman–Crippen LogP) is 3.60. The number of benzene rings is 2. The number of aromatic nitrogens is 2. The van der Waals surface area contributed by atoms with Crippen molar-refractivity contribution in [1.82, 2.24) is 15.6 Å². The number of aryl methyl sites for hydroxylation is 1. The molecule has 1 fully saturated rings. The standard InChI is InChI=1S/C24H24F3N3O7S/c25-24(26,27)17-5-3-16(4-6-17)21-28-20(37-30-21)2-1-13-36-18-7-9-19(10-8-18)38(33,34)23(22(31)29-32)11-14-35-15-12-23/h3-10,32H,1-2,11-15H2,(H,29,31). The molecule has 38 heavy (non-hydrogen) atoms. The minimum Gasteiger partial charge on any atom is -0.494 e. The number of hydrogen-bond donors (Lipinski definition) is 2. The first-order valence-electron chi connectivity index (χ1n) is 11.6. The molecular weight excluding hydrogens is 531 g/mol. The summed E-state index contributed by atoms with van der Waals surface area (Å²) in [4.78, 5) is 16.4. The van der Waals surface area contributed by atoms with Crippen LogP contribution in [-0.4, -0.2) is 54.2 Å². The maximum Gasteiger partial charge on any atom is 0.416 e. The van der Waals surface area contributed by atoms with Crippen molar-refractivity contribution in [2.75, 3.05) is 19.8 Å². The molecule has 0 aliphatic carbocycles. The highest BCUT2D eigenvalue weighted by molar-refractivity contribution is 7.93. The van der Waals surface area contributed by atoms with E-state index in [1.54, 1.807) is 0 Å². The molecule has 1 aliphatic rings. The second-order valence-corrected chi connectivity index (χ2v) is 10.8. The van der Waals surface area contributed by atoms with Gasteiger partial charge in [-0.05, 0) is 55.7 Å². The van der Waals surface area contributed by atoms with Crippen molar-refractivity contribution in [3.05, 3.63) is 60.0 Å². The fourth-order valence-electron chi connectivity index (χ4n) is 4.06. The van der Waals surface area contributed by atoms with Gasteiger partial charge in [0.25, 0.3) is 5.91 Å². The van der Waals surface area contributed by atoms with Gasteiger partial charge in [-0.25, -0.2) is 13.9 Å². The Kier molecular flexibility index (Phi) is 8.04. The van der Waals surface area contributed by atoms with Crippen LogP contribution in [0.2, 0.25) is 0 Å². The highest BCUT2D eigenvalue weighted by Crippen LogP contribution is 2.36. The van der Waals surface area contributed by atoms with E-state index >= 15 is 0 Å². The number of ether oxygens (including phenoxy) is 2. The Morgan fingerprint density at radius 3 is 2.34 bits per heavy atom. The Morgan fingerprint density at radius 2 is 1.74 bits per heavy atom. The van der Waals surface area contributed by atoms with Crippen molar-refractivity contribution in [2.45, 2.75) is 41.5 Å². The summed E-state index contributed by atoms with van der Waals surface area (Å²) >= 11 is 0. The number of amides is 1. The molecule has 0 bridgehead atoms. The number of alkyl halides is 3. The van der Waals surface area contributed by atoms with Crippen LogP contribution < -0.4 is 10.2 Å². The average Bonchev–Trinajstić information content (AvgIpc) is 3.40. The van der Waals surface area contributed by atoms with Crippen LogP contribution in [0.4, 0.5) is 13.2 Å². The molecule has 1 aliphatic heterocycles. The highest BCUT2D eigenvalue weighted by atomic mass is 32.2. The Labute approximate surface area is 215 Å². The van der Waals surface area contributed by atoms with Crippen LogP contribution >= 0.6 is 0 Å². The van der Waals surface area contributed by atoms with E-state index in [4.69, 9.17) is 19.2 Å². The van der Waals surface area contributed by atoms with Crippen LogP contribution in [0.3, 0.4) is 0 Å². The van der Waals surface area contributed by atoms with Crippen molar-refractivity contribution >= 4 is 15.7 Å². The third-order valence-corrected chi connectivity index (χ3v) is 8.72. The Bertz CT molecular complexity index is 1350. The lowest BCUT2D eigenvalue weighted by atomic mass is 9.98. The fraction of sp³-hybridized carbons (Fsp3) is 0.375. The van der Waals surface area contributed by atoms with Gasteiger partial charge in [-0.2, -0.15) is 18.2 Å². The largest absolute Gasteiger partial charge is 0.494 e. The number of nitrogens with zero attached hydrogens (tertiary/aromatic N) is 2. The van der Waals surface area contributed by atoms with Crippen LogP contribution in [-0.2, 0) is 32.0 Å². The van der Waals surface area contributed by atoms with E-state index in [0.717, 1.165) is 12.1 Å². The van der Waals surface area contributed by atoms with Gasteiger partial charge in [0.15, 0.2) is 14.6 Å². The van der Waals surface area contributed by atoms with Crippen molar-refractivity contribution in [3.8, 4) is 17.1 Å². The molecule has 0 unspecified atom stereocenters. The number of hydroxylamine groups is 1. The van der Waals surface area contributed by atoms with E-state index in [0.29, 0.717) is 24.2 Å². The topological polar surface area (TPSA) is 141 Å². The van der Waals surface area contributed by atoms with E-state index < -0.39 is 32.2 Å². The SMILES string of the molecule is O=C(NO)C1(S(=O)(=O)c2ccc(OCCCc3nc(-c4ccc(C(F)(F)F)cc4)no3)cc2)CCOCC1. The highest BCUT2D eigenvalue weighted by Gasteiger charge is 2.52. The molecule has 2 N–H and O–H groups in total. The number of carbonyl (C=O) groups is 1. The molecule has 1 saturated heterocycles. The molecule has 204 valence electrons. The fourth-order valence-corrected chi connectivity index (χ4v) is 6.00. The molecule has 2 aromatic carbocycles. The van der Waals surface area contributed by atoms with Crippen LogP contribution in [0.15, 0.2) is 57.9 Å². The van der Waals surface area contributed by atoms with Crippen molar-refractivity contribution < 1.29 is 45.6 Å². The molecule has 14 heteroatoms. The summed E-state index contributed by atoms with van der Waals surface area (Å²) in [6.07, 6.45) is -3.79. The van der Waals surface area contributed by atoms with Gasteiger partial charge >= 0.3 is 6.18 Å². The molecule has 0 spiro atoms. The first-order chi connectivity index (χ1) is 18.1. The molecule has 0 radical (unpaired) electrons. The average molecular weight is 556 g/mol. The molecule has 0 atom stereocenters. The molecular formula is C24H24F3N3O7S. The van der Waals surface area contributed by atoms with Crippen LogP contribution in [0.5, 0.6) is 5.75 Å². The normalized spacial score (nSPS) is 15.7. The maximum absolute atomic E-state index is 13.3. The number of rotatable bonds is 9. The second kappa shape index (κ2) is 11.1. The zero-order valence-electron chi connectivity index (χ0n) is 19.9. The van der Waals surface area contributed by atoms with Gasteiger partial charge in [0.2, 0.25) is 11.7 Å². The summed E-state index contributed by atoms with van der Waals surface area (Å²) in [6.45, 7) is 0.373. The van der Waals surface area contributed by atoms with Crippen molar-refractivity contribution in [2.24, 2.45) is 0 Å². The first kappa shape index (κ1) is 27.5. The Morgan fingerprint density at radius 1 is 1.08 bits per heavy atom. The summed E-state index contributed by atoms with van der Waals surface area (Å²) in [7, 11) is -4.13. The first-order valence-corrected chi connectivity index (χ1v) is 13.1. The summed E-state index contributed by atoms with van der Waals surface area (Å²) in [6, 6.07) is 10.0. The Hall–Kier alpha value is -3.49. The minimum absolute atomic E-state index is 0.0692. The number of carbonyl (C=O) groups excluding carboxylic acids is 1. The lowest BCUT2D eigenvalue weighted by Gasteiger charge is -2.34. The lowest BCUT2D eigenvalue weighted by Crippen LogP contribution is -2.54. The van der Waals surface area contributed by atoms with Crippen molar-refractivity contribution in [1.29, 1.82) is 0 Å². The van der Waals surface area contributed by atoms with Crippen LogP contribution in [0, 0.1) is 0 Å². The minimum atomic E-state index is -4.43. The quantitative estimate of drug-likeness (QED) is 0.230. The van der Waals surface area contributed by atoms with E-state index in [1.807, 2.05) is 0 Å². The summed E-state index contributed by atoms with van der Waals surface area (Å²) in [5.74, 6) is -0.145. The molecule has 2 heterocycles. The molecule has 0 saturated carbocycles. The molecule has 10 nitrogen and oxygen atoms in total. The van der Waals surface area contributed by atoms with Gasteiger partial charge in [-0.1, -0.05) is 17.3 Å². The van der Waals surface area contributed by atoms with Gasteiger partial charge < -0.3 is 14.0 Å². The van der Waals surface area contributed by atoms with E-state index in [2.05, 4.69) is 10.1 Å². The van der Waals surface area contributed by atoms with Crippen LogP contribution in [0.25, 0.3) is 11.4 Å². The predicted molar refractivity (Wildman–Crippen MR) is 125 cm³/mol. The summed E-state index contributed by atoms with van der Waals surface area (Å²) in [5, 5.41) is 12.9. The third kappa shape index (κ3) is 5.66. The number of hydrogen-bond acceptors (Lipinski definition) is 9. The second-order valence-electron chi connectivity index (χ2n) is 8.56. The maximum atomic E-state index is 13.3. The van der Waals surface area contributed by atoms with Gasteiger partial charge in [0.05, 0.1) is 17.1 Å². The summed E-state index contributed by atoms with van der Waals surface area (Å²) < 4.78 is 78.8. The third-order valence-electron chi connectivity index (χ3n) is 6.21. The number of halogens is 3. The lowest BCUT2D eigenvalue weighted by molar-refractivity contribution is -0.137. The summed E-state index contributed by atoms with van der Waals surface area (Å²) in [5.41, 5.74) is 1.09. The van der Waals surface area contributed by atoms with Gasteiger partial charge in [0, 0.05) is 25.2 Å². The molecule has 1 aromatic heterocycles. The molecule has 3 aromatic rings. The Balaban J connectivity index is 1.32.